The molecular weight excluding hydrogens is 448 g/mol. The van der Waals surface area contributed by atoms with Crippen LogP contribution in [0.4, 0.5) is 0 Å². The van der Waals surface area contributed by atoms with Gasteiger partial charge in [-0.1, -0.05) is 0 Å². The molecule has 2 aliphatic rings. The summed E-state index contributed by atoms with van der Waals surface area (Å²) in [5, 5.41) is 2.00. The molecule has 0 radical (unpaired) electrons. The van der Waals surface area contributed by atoms with Crippen LogP contribution in [0.5, 0.6) is 0 Å². The maximum atomic E-state index is 13.0. The average Bonchev–Trinajstić information content (AvgIpc) is 3.28. The van der Waals surface area contributed by atoms with Crippen molar-refractivity contribution in [2.45, 2.75) is 16.3 Å². The van der Waals surface area contributed by atoms with Gasteiger partial charge in [-0.25, -0.2) is 21.8 Å². The van der Waals surface area contributed by atoms with E-state index in [2.05, 4.69) is 9.88 Å². The minimum absolute atomic E-state index is 0.0939. The van der Waals surface area contributed by atoms with Gasteiger partial charge in [0.05, 0.1) is 34.2 Å². The van der Waals surface area contributed by atoms with Gasteiger partial charge >= 0.3 is 0 Å². The molecule has 2 aliphatic heterocycles. The molecule has 0 spiro atoms. The fraction of sp³-hybridized carbons (Fsp3) is 0.500. The number of benzene rings is 1. The van der Waals surface area contributed by atoms with Crippen LogP contribution in [0.1, 0.15) is 5.69 Å². The quantitative estimate of drug-likeness (QED) is 0.609. The van der Waals surface area contributed by atoms with E-state index in [0.29, 0.717) is 59.0 Å². The molecule has 0 bridgehead atoms. The van der Waals surface area contributed by atoms with Gasteiger partial charge in [-0.2, -0.15) is 8.61 Å². The molecule has 0 atom stereocenters. The zero-order chi connectivity index (χ0) is 21.2. The maximum Gasteiger partial charge on any atom is 0.243 e. The highest BCUT2D eigenvalue weighted by atomic mass is 32.2. The Labute approximate surface area is 181 Å². The number of piperazine rings is 1. The largest absolute Gasteiger partial charge is 0.379 e. The average molecular weight is 473 g/mol. The summed E-state index contributed by atoms with van der Waals surface area (Å²) in [6, 6.07) is 5.50. The molecule has 1 aromatic carbocycles. The molecular formula is C18H24N4O5S3. The molecule has 3 heterocycles. The fourth-order valence-corrected chi connectivity index (χ4v) is 6.92. The number of nitrogens with zero attached hydrogens (tertiary/aromatic N) is 4. The molecule has 0 aliphatic carbocycles. The number of hydrogen-bond donors (Lipinski definition) is 0. The second-order valence-electron chi connectivity index (χ2n) is 7.15. The Morgan fingerprint density at radius 1 is 0.833 bits per heavy atom. The first-order chi connectivity index (χ1) is 14.4. The molecule has 2 aromatic rings. The van der Waals surface area contributed by atoms with E-state index < -0.39 is 20.0 Å². The van der Waals surface area contributed by atoms with Crippen molar-refractivity contribution in [1.82, 2.24) is 18.5 Å². The molecule has 0 amide bonds. The molecule has 0 unspecified atom stereocenters. The van der Waals surface area contributed by atoms with Crippen molar-refractivity contribution in [2.75, 3.05) is 52.5 Å². The predicted molar refractivity (Wildman–Crippen MR) is 112 cm³/mol. The molecule has 12 heteroatoms. The normalized spacial score (nSPS) is 20.4. The summed E-state index contributed by atoms with van der Waals surface area (Å²) in [4.78, 5) is 6.65. The van der Waals surface area contributed by atoms with Gasteiger partial charge in [0.15, 0.2) is 0 Å². The van der Waals surface area contributed by atoms with Gasteiger partial charge < -0.3 is 4.74 Å². The van der Waals surface area contributed by atoms with E-state index in [0.717, 1.165) is 5.69 Å². The topological polar surface area (TPSA) is 100 Å². The minimum atomic E-state index is -3.67. The highest BCUT2D eigenvalue weighted by Crippen LogP contribution is 2.22. The van der Waals surface area contributed by atoms with Gasteiger partial charge in [0.25, 0.3) is 0 Å². The van der Waals surface area contributed by atoms with Gasteiger partial charge in [-0.05, 0) is 24.3 Å². The van der Waals surface area contributed by atoms with E-state index in [1.54, 1.807) is 16.8 Å². The summed E-state index contributed by atoms with van der Waals surface area (Å²) in [6.07, 6.45) is 0. The minimum Gasteiger partial charge on any atom is -0.379 e. The van der Waals surface area contributed by atoms with Crippen molar-refractivity contribution in [2.24, 2.45) is 0 Å². The van der Waals surface area contributed by atoms with Crippen molar-refractivity contribution >= 4 is 31.4 Å². The van der Waals surface area contributed by atoms with E-state index in [9.17, 15) is 16.8 Å². The van der Waals surface area contributed by atoms with E-state index in [1.807, 2.05) is 5.38 Å². The number of hydrogen-bond acceptors (Lipinski definition) is 8. The third kappa shape index (κ3) is 4.59. The molecule has 1 aromatic heterocycles. The molecule has 2 saturated heterocycles. The standard InChI is InChI=1S/C18H24N4O5S3/c23-29(24,21-7-5-20(6-8-21)13-16-14-28-15-19-16)17-1-3-18(4-2-17)30(25,26)22-9-11-27-12-10-22/h1-4,14-15H,5-13H2. The predicted octanol–water partition coefficient (Wildman–Crippen LogP) is 0.671. The van der Waals surface area contributed by atoms with Gasteiger partial charge in [0.1, 0.15) is 0 Å². The Hall–Kier alpha value is -1.41. The van der Waals surface area contributed by atoms with E-state index in [1.165, 1.54) is 32.9 Å². The van der Waals surface area contributed by atoms with Gasteiger partial charge in [0, 0.05) is 51.2 Å². The third-order valence-electron chi connectivity index (χ3n) is 5.27. The van der Waals surface area contributed by atoms with Crippen molar-refractivity contribution in [1.29, 1.82) is 0 Å². The van der Waals surface area contributed by atoms with Crippen LogP contribution in [0.25, 0.3) is 0 Å². The lowest BCUT2D eigenvalue weighted by Gasteiger charge is -2.33. The molecule has 2 fully saturated rings. The fourth-order valence-electron chi connectivity index (χ4n) is 3.54. The monoisotopic (exact) mass is 472 g/mol. The van der Waals surface area contributed by atoms with Crippen molar-refractivity contribution in [3.8, 4) is 0 Å². The van der Waals surface area contributed by atoms with Crippen molar-refractivity contribution in [3.05, 3.63) is 40.8 Å². The Balaban J connectivity index is 1.42. The first kappa shape index (κ1) is 21.8. The summed E-state index contributed by atoms with van der Waals surface area (Å²) in [5.41, 5.74) is 2.78. The van der Waals surface area contributed by atoms with Gasteiger partial charge in [0.2, 0.25) is 20.0 Å². The van der Waals surface area contributed by atoms with E-state index >= 15 is 0 Å². The zero-order valence-corrected chi connectivity index (χ0v) is 18.8. The number of rotatable bonds is 6. The highest BCUT2D eigenvalue weighted by molar-refractivity contribution is 7.89. The molecule has 9 nitrogen and oxygen atoms in total. The number of thiazole rings is 1. The Kier molecular flexibility index (Phi) is 6.53. The first-order valence-corrected chi connectivity index (χ1v) is 13.5. The summed E-state index contributed by atoms with van der Waals surface area (Å²) < 4.78 is 59.4. The summed E-state index contributed by atoms with van der Waals surface area (Å²) >= 11 is 1.55. The summed E-state index contributed by atoms with van der Waals surface area (Å²) in [7, 11) is -7.32. The number of ether oxygens (including phenoxy) is 1. The van der Waals surface area contributed by atoms with Crippen LogP contribution in [0, 0.1) is 0 Å². The SMILES string of the molecule is O=S(=O)(c1ccc(S(=O)(=O)N2CCN(Cc3cscn3)CC2)cc1)N1CCOCC1. The van der Waals surface area contributed by atoms with Crippen LogP contribution < -0.4 is 0 Å². The molecule has 164 valence electrons. The highest BCUT2D eigenvalue weighted by Gasteiger charge is 2.30. The maximum absolute atomic E-state index is 13.0. The molecule has 30 heavy (non-hydrogen) atoms. The second-order valence-corrected chi connectivity index (χ2v) is 11.7. The zero-order valence-electron chi connectivity index (χ0n) is 16.4. The van der Waals surface area contributed by atoms with Gasteiger partial charge in [-0.3, -0.25) is 4.90 Å². The Morgan fingerprint density at radius 2 is 1.37 bits per heavy atom. The Bertz CT molecular complexity index is 1040. The van der Waals surface area contributed by atoms with Crippen LogP contribution in [0.2, 0.25) is 0 Å². The second kappa shape index (κ2) is 8.99. The molecule has 4 rings (SSSR count). The number of aromatic nitrogens is 1. The summed E-state index contributed by atoms with van der Waals surface area (Å²) in [5.74, 6) is 0. The number of morpholine rings is 1. The van der Waals surface area contributed by atoms with Crippen LogP contribution in [0.15, 0.2) is 44.9 Å². The van der Waals surface area contributed by atoms with Gasteiger partial charge in [-0.15, -0.1) is 11.3 Å². The van der Waals surface area contributed by atoms with E-state index in [-0.39, 0.29) is 9.79 Å². The lowest BCUT2D eigenvalue weighted by atomic mass is 10.3. The van der Waals surface area contributed by atoms with Crippen LogP contribution in [-0.2, 0) is 31.3 Å². The van der Waals surface area contributed by atoms with Crippen LogP contribution in [-0.4, -0.2) is 87.8 Å². The Morgan fingerprint density at radius 3 is 1.87 bits per heavy atom. The van der Waals surface area contributed by atoms with E-state index in [4.69, 9.17) is 4.74 Å². The first-order valence-electron chi connectivity index (χ1n) is 9.65. The van der Waals surface area contributed by atoms with Crippen molar-refractivity contribution in [3.63, 3.8) is 0 Å². The van der Waals surface area contributed by atoms with Crippen molar-refractivity contribution < 1.29 is 21.6 Å². The van der Waals surface area contributed by atoms with Crippen LogP contribution in [0.3, 0.4) is 0 Å². The lowest BCUT2D eigenvalue weighted by Crippen LogP contribution is -2.48. The molecule has 0 saturated carbocycles. The molecule has 0 N–H and O–H groups in total. The number of sulfonamides is 2. The smallest absolute Gasteiger partial charge is 0.243 e. The lowest BCUT2D eigenvalue weighted by molar-refractivity contribution is 0.0730. The third-order valence-corrected chi connectivity index (χ3v) is 9.73. The van der Waals surface area contributed by atoms with Crippen LogP contribution >= 0.6 is 11.3 Å². The summed E-state index contributed by atoms with van der Waals surface area (Å²) in [6.45, 7) is 4.06.